The van der Waals surface area contributed by atoms with Crippen molar-refractivity contribution in [2.45, 2.75) is 24.9 Å². The quantitative estimate of drug-likeness (QED) is 0.708. The highest BCUT2D eigenvalue weighted by molar-refractivity contribution is 5.83. The van der Waals surface area contributed by atoms with Gasteiger partial charge in [-0.3, -0.25) is 9.69 Å². The third-order valence-corrected chi connectivity index (χ3v) is 6.69. The van der Waals surface area contributed by atoms with Crippen LogP contribution in [0.5, 0.6) is 0 Å². The van der Waals surface area contributed by atoms with E-state index in [4.69, 9.17) is 0 Å². The fraction of sp³-hybridized carbons (Fsp3) is 0.435. The van der Waals surface area contributed by atoms with Crippen LogP contribution in [0.15, 0.2) is 55.0 Å². The lowest BCUT2D eigenvalue weighted by Crippen LogP contribution is -2.40. The molecule has 2 aliphatic rings. The molecule has 0 radical (unpaired) electrons. The average molecular weight is 405 g/mol. The van der Waals surface area contributed by atoms with Gasteiger partial charge in [-0.2, -0.15) is 5.10 Å². The normalized spacial score (nSPS) is 24.4. The molecule has 3 heterocycles. The predicted molar refractivity (Wildman–Crippen MR) is 116 cm³/mol. The van der Waals surface area contributed by atoms with Gasteiger partial charge in [0.05, 0.1) is 0 Å². The van der Waals surface area contributed by atoms with Crippen LogP contribution >= 0.6 is 0 Å². The third-order valence-electron chi connectivity index (χ3n) is 6.69. The number of rotatable bonds is 5. The number of nitrogens with one attached hydrogen (secondary N) is 1. The smallest absolute Gasteiger partial charge is 0.244 e. The van der Waals surface area contributed by atoms with Gasteiger partial charge in [0.15, 0.2) is 5.82 Å². The number of aromatic nitrogens is 3. The van der Waals surface area contributed by atoms with Gasteiger partial charge >= 0.3 is 0 Å². The summed E-state index contributed by atoms with van der Waals surface area (Å²) < 4.78 is 1.84. The van der Waals surface area contributed by atoms with E-state index in [9.17, 15) is 4.79 Å². The van der Waals surface area contributed by atoms with Crippen molar-refractivity contribution in [2.75, 3.05) is 32.5 Å². The van der Waals surface area contributed by atoms with Crippen LogP contribution in [0.3, 0.4) is 0 Å². The lowest BCUT2D eigenvalue weighted by atomic mass is 9.98. The first-order valence-electron chi connectivity index (χ1n) is 10.7. The molecular formula is C23H28N6O. The van der Waals surface area contributed by atoms with Crippen LogP contribution in [0.4, 0.5) is 5.82 Å². The van der Waals surface area contributed by atoms with E-state index >= 15 is 0 Å². The molecule has 4 unspecified atom stereocenters. The Balaban J connectivity index is 1.32. The van der Waals surface area contributed by atoms with Crippen molar-refractivity contribution in [1.29, 1.82) is 0 Å². The molecule has 2 fully saturated rings. The number of carbonyl (C=O) groups excluding carboxylic acids is 1. The number of hydrogen-bond donors (Lipinski definition) is 1. The molecule has 2 aromatic heterocycles. The summed E-state index contributed by atoms with van der Waals surface area (Å²) in [6.07, 6.45) is 5.78. The van der Waals surface area contributed by atoms with Crippen LogP contribution in [-0.4, -0.2) is 63.5 Å². The maximum Gasteiger partial charge on any atom is 0.244 e. The molecule has 1 saturated carbocycles. The summed E-state index contributed by atoms with van der Waals surface area (Å²) in [5.74, 6) is 2.09. The second-order valence-corrected chi connectivity index (χ2v) is 8.72. The van der Waals surface area contributed by atoms with Gasteiger partial charge in [-0.15, -0.1) is 0 Å². The molecule has 1 N–H and O–H groups in total. The minimum Gasteiger partial charge on any atom is -0.365 e. The van der Waals surface area contributed by atoms with E-state index in [0.29, 0.717) is 17.9 Å². The fourth-order valence-corrected chi connectivity index (χ4v) is 5.25. The molecule has 5 rings (SSSR count). The first-order valence-corrected chi connectivity index (χ1v) is 10.7. The van der Waals surface area contributed by atoms with Crippen molar-refractivity contribution in [3.05, 3.63) is 60.6 Å². The Bertz CT molecular complexity index is 1030. The molecule has 1 amide bonds. The lowest BCUT2D eigenvalue weighted by molar-refractivity contribution is -0.135. The number of anilines is 1. The Morgan fingerprint density at radius 2 is 1.97 bits per heavy atom. The maximum atomic E-state index is 13.5. The molecule has 1 aromatic carbocycles. The first kappa shape index (κ1) is 19.1. The number of likely N-dealkylation sites (N-methyl/N-ethyl adjacent to an activating group) is 1. The minimum absolute atomic E-state index is 0.204. The van der Waals surface area contributed by atoms with Crippen molar-refractivity contribution in [2.24, 2.45) is 11.8 Å². The van der Waals surface area contributed by atoms with E-state index in [1.165, 1.54) is 0 Å². The van der Waals surface area contributed by atoms with Crippen molar-refractivity contribution >= 4 is 17.2 Å². The van der Waals surface area contributed by atoms with Crippen molar-refractivity contribution in [3.8, 4) is 0 Å². The summed E-state index contributed by atoms with van der Waals surface area (Å²) in [7, 11) is 3.96. The second-order valence-electron chi connectivity index (χ2n) is 8.72. The number of benzene rings is 1. The zero-order chi connectivity index (χ0) is 20.7. The largest absolute Gasteiger partial charge is 0.365 e. The maximum absolute atomic E-state index is 13.5. The highest BCUT2D eigenvalue weighted by Gasteiger charge is 2.45. The van der Waals surface area contributed by atoms with Gasteiger partial charge in [-0.05, 0) is 50.6 Å². The number of nitrogens with zero attached hydrogens (tertiary/aromatic N) is 5. The van der Waals surface area contributed by atoms with E-state index in [0.717, 1.165) is 42.8 Å². The van der Waals surface area contributed by atoms with E-state index in [1.807, 2.05) is 72.2 Å². The Morgan fingerprint density at radius 3 is 2.77 bits per heavy atom. The SMILES string of the molecule is CN(C)C(C(=O)N1CC2CCC(Nc3ncnn4cccc34)C2C1)c1ccccc1. The number of carbonyl (C=O) groups is 1. The third kappa shape index (κ3) is 3.33. The molecule has 3 aromatic rings. The van der Waals surface area contributed by atoms with Gasteiger partial charge in [0.1, 0.15) is 17.9 Å². The van der Waals surface area contributed by atoms with Crippen LogP contribution in [-0.2, 0) is 4.79 Å². The molecule has 1 aliphatic heterocycles. The molecule has 4 atom stereocenters. The zero-order valence-corrected chi connectivity index (χ0v) is 17.5. The van der Waals surface area contributed by atoms with Gasteiger partial charge in [-0.1, -0.05) is 30.3 Å². The number of hydrogen-bond acceptors (Lipinski definition) is 5. The fourth-order valence-electron chi connectivity index (χ4n) is 5.25. The average Bonchev–Trinajstić information content (AvgIpc) is 3.46. The van der Waals surface area contributed by atoms with Gasteiger partial charge < -0.3 is 10.2 Å². The van der Waals surface area contributed by atoms with Gasteiger partial charge in [0.2, 0.25) is 5.91 Å². The van der Waals surface area contributed by atoms with E-state index in [1.54, 1.807) is 6.33 Å². The summed E-state index contributed by atoms with van der Waals surface area (Å²) in [5.41, 5.74) is 2.04. The number of likely N-dealkylation sites (tertiary alicyclic amines) is 1. The first-order chi connectivity index (χ1) is 14.6. The lowest BCUT2D eigenvalue weighted by Gasteiger charge is -2.29. The molecule has 0 spiro atoms. The van der Waals surface area contributed by atoms with Crippen LogP contribution in [0.25, 0.3) is 5.52 Å². The van der Waals surface area contributed by atoms with Crippen LogP contribution in [0.2, 0.25) is 0 Å². The minimum atomic E-state index is -0.237. The molecule has 1 saturated heterocycles. The summed E-state index contributed by atoms with van der Waals surface area (Å²) in [4.78, 5) is 22.0. The van der Waals surface area contributed by atoms with Crippen LogP contribution in [0.1, 0.15) is 24.4 Å². The number of amides is 1. The molecule has 7 heteroatoms. The summed E-state index contributed by atoms with van der Waals surface area (Å²) in [6, 6.07) is 14.2. The van der Waals surface area contributed by atoms with Crippen LogP contribution in [0, 0.1) is 11.8 Å². The van der Waals surface area contributed by atoms with Gasteiger partial charge in [0, 0.05) is 31.2 Å². The van der Waals surface area contributed by atoms with E-state index in [-0.39, 0.29) is 11.9 Å². The van der Waals surface area contributed by atoms with E-state index in [2.05, 4.69) is 20.3 Å². The Morgan fingerprint density at radius 1 is 1.13 bits per heavy atom. The van der Waals surface area contributed by atoms with Gasteiger partial charge in [-0.25, -0.2) is 9.50 Å². The predicted octanol–water partition coefficient (Wildman–Crippen LogP) is 2.68. The number of fused-ring (bicyclic) bond motifs is 2. The second kappa shape index (κ2) is 7.72. The Hall–Kier alpha value is -2.93. The van der Waals surface area contributed by atoms with Crippen molar-refractivity contribution in [1.82, 2.24) is 24.4 Å². The highest BCUT2D eigenvalue weighted by Crippen LogP contribution is 2.40. The van der Waals surface area contributed by atoms with E-state index < -0.39 is 0 Å². The Kier molecular flexibility index (Phi) is 4.90. The monoisotopic (exact) mass is 404 g/mol. The standard InChI is InChI=1S/C23H28N6O/c1-27(2)21(16-7-4-3-5-8-16)23(30)28-13-17-10-11-19(18(17)14-28)26-22-20-9-6-12-29(20)25-15-24-22/h3-9,12,15,17-19,21H,10-11,13-14H2,1-2H3,(H,24,25,26). The summed E-state index contributed by atoms with van der Waals surface area (Å²) in [5, 5.41) is 7.92. The van der Waals surface area contributed by atoms with Crippen molar-refractivity contribution in [3.63, 3.8) is 0 Å². The highest BCUT2D eigenvalue weighted by atomic mass is 16.2. The van der Waals surface area contributed by atoms with Gasteiger partial charge in [0.25, 0.3) is 0 Å². The van der Waals surface area contributed by atoms with Crippen molar-refractivity contribution < 1.29 is 4.79 Å². The Labute approximate surface area is 176 Å². The molecule has 0 bridgehead atoms. The zero-order valence-electron chi connectivity index (χ0n) is 17.5. The molecule has 1 aliphatic carbocycles. The van der Waals surface area contributed by atoms with Crippen LogP contribution < -0.4 is 5.32 Å². The summed E-state index contributed by atoms with van der Waals surface area (Å²) >= 11 is 0. The summed E-state index contributed by atoms with van der Waals surface area (Å²) in [6.45, 7) is 1.66. The molecule has 7 nitrogen and oxygen atoms in total. The molecular weight excluding hydrogens is 376 g/mol. The topological polar surface area (TPSA) is 65.8 Å². The molecule has 30 heavy (non-hydrogen) atoms. The molecule has 156 valence electrons.